The quantitative estimate of drug-likeness (QED) is 0.275. The number of amides is 2. The number of rotatable bonds is 9. The third kappa shape index (κ3) is 6.75. The van der Waals surface area contributed by atoms with Gasteiger partial charge in [0.15, 0.2) is 16.8 Å². The number of hydrogen-bond acceptors (Lipinski definition) is 4. The van der Waals surface area contributed by atoms with Gasteiger partial charge in [-0.15, -0.1) is 5.10 Å². The molecule has 39 heavy (non-hydrogen) atoms. The zero-order valence-electron chi connectivity index (χ0n) is 23.3. The Morgan fingerprint density at radius 1 is 1.05 bits per heavy atom. The molecule has 0 radical (unpaired) electrons. The molecule has 2 amide bonds. The van der Waals surface area contributed by atoms with Gasteiger partial charge in [0.25, 0.3) is 11.8 Å². The lowest BCUT2D eigenvalue weighted by Gasteiger charge is -2.31. The lowest BCUT2D eigenvalue weighted by atomic mass is 9.76. The van der Waals surface area contributed by atoms with Crippen molar-refractivity contribution in [3.63, 3.8) is 0 Å². The van der Waals surface area contributed by atoms with E-state index in [9.17, 15) is 9.59 Å². The van der Waals surface area contributed by atoms with Gasteiger partial charge in [-0.2, -0.15) is 5.01 Å². The van der Waals surface area contributed by atoms with Crippen molar-refractivity contribution in [1.82, 2.24) is 5.32 Å². The van der Waals surface area contributed by atoms with Crippen molar-refractivity contribution in [3.05, 3.63) is 56.5 Å². The molecule has 2 aromatic carbocycles. The molecule has 0 aromatic heterocycles. The molecule has 10 heteroatoms. The number of amidine groups is 1. The van der Waals surface area contributed by atoms with Gasteiger partial charge in [-0.3, -0.25) is 9.59 Å². The monoisotopic (exact) mass is 657 g/mol. The second kappa shape index (κ2) is 12.4. The van der Waals surface area contributed by atoms with Gasteiger partial charge in [0.1, 0.15) is 11.4 Å². The Morgan fingerprint density at radius 2 is 1.64 bits per heavy atom. The summed E-state index contributed by atoms with van der Waals surface area (Å²) in [5.41, 5.74) is 2.32. The lowest BCUT2D eigenvalue weighted by Crippen LogP contribution is -2.44. The first-order valence-corrected chi connectivity index (χ1v) is 15.0. The number of carbonyl (C=O) groups excluding carboxylic acids is 2. The van der Waals surface area contributed by atoms with Crippen LogP contribution in [0.2, 0.25) is 15.1 Å². The summed E-state index contributed by atoms with van der Waals surface area (Å²) in [6, 6.07) is 9.18. The molecule has 1 N–H and O–H groups in total. The Kier molecular flexibility index (Phi) is 10.1. The third-order valence-corrected chi connectivity index (χ3v) is 9.13. The van der Waals surface area contributed by atoms with Crippen molar-refractivity contribution < 1.29 is 14.3 Å². The molecule has 1 aliphatic heterocycles. The number of hydrazone groups is 1. The second-order valence-corrected chi connectivity index (χ2v) is 13.1. The van der Waals surface area contributed by atoms with Crippen molar-refractivity contribution in [2.75, 3.05) is 5.01 Å². The summed E-state index contributed by atoms with van der Waals surface area (Å²) in [5.74, 6) is -0.0858. The van der Waals surface area contributed by atoms with Crippen LogP contribution in [0.15, 0.2) is 35.4 Å². The molecular formula is C29H35BrCl3N3O3. The number of alkyl halides is 1. The van der Waals surface area contributed by atoms with E-state index in [0.29, 0.717) is 17.2 Å². The molecule has 2 aromatic rings. The summed E-state index contributed by atoms with van der Waals surface area (Å²) in [6.07, 6.45) is 1.50. The van der Waals surface area contributed by atoms with E-state index in [1.807, 2.05) is 13.0 Å². The van der Waals surface area contributed by atoms with Crippen LogP contribution in [-0.2, 0) is 20.4 Å². The molecule has 2 unspecified atom stereocenters. The zero-order chi connectivity index (χ0) is 29.3. The van der Waals surface area contributed by atoms with Gasteiger partial charge in [-0.25, -0.2) is 0 Å². The first-order chi connectivity index (χ1) is 18.2. The number of nitrogens with zero attached hydrogens (tertiary/aromatic N) is 2. The van der Waals surface area contributed by atoms with E-state index in [0.717, 1.165) is 23.4 Å². The molecule has 0 aliphatic carbocycles. The molecular weight excluding hydrogens is 625 g/mol. The average molecular weight is 660 g/mol. The maximum Gasteiger partial charge on any atom is 0.269 e. The van der Waals surface area contributed by atoms with Crippen LogP contribution in [0.1, 0.15) is 78.9 Å². The molecule has 6 nitrogen and oxygen atoms in total. The van der Waals surface area contributed by atoms with E-state index in [-0.39, 0.29) is 32.4 Å². The summed E-state index contributed by atoms with van der Waals surface area (Å²) >= 11 is 21.9. The highest BCUT2D eigenvalue weighted by Crippen LogP contribution is 2.40. The summed E-state index contributed by atoms with van der Waals surface area (Å²) in [6.45, 7) is 15.0. The van der Waals surface area contributed by atoms with Crippen LogP contribution >= 0.6 is 50.7 Å². The van der Waals surface area contributed by atoms with Crippen molar-refractivity contribution in [2.24, 2.45) is 5.10 Å². The number of anilines is 1. The predicted molar refractivity (Wildman–Crippen MR) is 165 cm³/mol. The van der Waals surface area contributed by atoms with E-state index < -0.39 is 22.7 Å². The van der Waals surface area contributed by atoms with E-state index >= 15 is 0 Å². The van der Waals surface area contributed by atoms with Crippen LogP contribution in [0.5, 0.6) is 5.75 Å². The maximum atomic E-state index is 13.4. The smallest absolute Gasteiger partial charge is 0.269 e. The molecule has 1 heterocycles. The molecule has 0 saturated carbocycles. The van der Waals surface area contributed by atoms with Crippen LogP contribution in [0.4, 0.5) is 5.69 Å². The van der Waals surface area contributed by atoms with E-state index in [1.54, 1.807) is 0 Å². The fourth-order valence-corrected chi connectivity index (χ4v) is 5.45. The van der Waals surface area contributed by atoms with E-state index in [4.69, 9.17) is 39.5 Å². The van der Waals surface area contributed by atoms with Gasteiger partial charge in [0.2, 0.25) is 0 Å². The molecule has 212 valence electrons. The van der Waals surface area contributed by atoms with Gasteiger partial charge in [0.05, 0.1) is 10.0 Å². The minimum Gasteiger partial charge on any atom is -0.480 e. The number of hydrogen-bond donors (Lipinski definition) is 1. The predicted octanol–water partition coefficient (Wildman–Crippen LogP) is 8.42. The van der Waals surface area contributed by atoms with Crippen molar-refractivity contribution in [1.29, 1.82) is 0 Å². The van der Waals surface area contributed by atoms with E-state index in [2.05, 4.69) is 80.0 Å². The Balaban J connectivity index is 1.89. The maximum absolute atomic E-state index is 13.4. The fraction of sp³-hybridized carbons (Fsp3) is 0.483. The number of ether oxygens (including phenoxy) is 1. The summed E-state index contributed by atoms with van der Waals surface area (Å²) in [4.78, 5) is 25.5. The molecule has 0 saturated heterocycles. The highest BCUT2D eigenvalue weighted by molar-refractivity contribution is 9.10. The molecule has 3 rings (SSSR count). The first-order valence-electron chi connectivity index (χ1n) is 13.0. The molecule has 0 fully saturated rings. The number of carbonyl (C=O) groups is 2. The topological polar surface area (TPSA) is 71.0 Å². The average Bonchev–Trinajstić information content (AvgIpc) is 3.14. The molecule has 1 aliphatic rings. The van der Waals surface area contributed by atoms with Crippen LogP contribution in [0, 0.1) is 0 Å². The summed E-state index contributed by atoms with van der Waals surface area (Å²) in [7, 11) is 0. The first kappa shape index (κ1) is 31.7. The lowest BCUT2D eigenvalue weighted by molar-refractivity contribution is -0.126. The van der Waals surface area contributed by atoms with Gasteiger partial charge in [0, 0.05) is 10.6 Å². The minimum absolute atomic E-state index is 0.0123. The Bertz CT molecular complexity index is 1270. The largest absolute Gasteiger partial charge is 0.480 e. The van der Waals surface area contributed by atoms with Crippen molar-refractivity contribution in [3.8, 4) is 5.75 Å². The summed E-state index contributed by atoms with van der Waals surface area (Å²) in [5, 5.41) is 8.78. The number of halogens is 4. The van der Waals surface area contributed by atoms with Gasteiger partial charge in [-0.1, -0.05) is 111 Å². The van der Waals surface area contributed by atoms with Crippen LogP contribution < -0.4 is 15.1 Å². The van der Waals surface area contributed by atoms with Gasteiger partial charge in [-0.05, 0) is 53.9 Å². The Hall–Kier alpha value is -1.80. The Morgan fingerprint density at radius 3 is 2.18 bits per heavy atom. The van der Waals surface area contributed by atoms with E-state index in [1.165, 1.54) is 17.7 Å². The van der Waals surface area contributed by atoms with Crippen molar-refractivity contribution in [2.45, 2.75) is 89.5 Å². The second-order valence-electron chi connectivity index (χ2n) is 10.9. The number of benzene rings is 2. The minimum atomic E-state index is -0.896. The van der Waals surface area contributed by atoms with Crippen LogP contribution in [-0.4, -0.2) is 28.6 Å². The summed E-state index contributed by atoms with van der Waals surface area (Å²) < 4.78 is 6.34. The van der Waals surface area contributed by atoms with Crippen molar-refractivity contribution >= 4 is 74.1 Å². The SMILES string of the molecule is CCC(Oc1ccc(C(C)(C)CC)cc1C(C)(C)CC)C(=O)NC1=NN(c2c(Cl)cc(Cl)cc2Cl)C(=O)C1Br. The normalized spacial score (nSPS) is 16.8. The molecule has 0 bridgehead atoms. The zero-order valence-corrected chi connectivity index (χ0v) is 27.1. The standard InChI is InChI=1S/C29H35BrCl3N3O3/c1-8-21(39-22-12-11-16(28(4,5)9-2)13-18(22)29(6,7)10-3)26(37)34-25-23(30)27(38)36(35-25)24-19(32)14-17(31)15-20(24)33/h11-15,21,23H,8-10H2,1-7H3,(H,34,35,37). The van der Waals surface area contributed by atoms with Crippen LogP contribution in [0.3, 0.4) is 0 Å². The van der Waals surface area contributed by atoms with Gasteiger partial charge >= 0.3 is 0 Å². The highest BCUT2D eigenvalue weighted by atomic mass is 79.9. The molecule has 0 spiro atoms. The third-order valence-electron chi connectivity index (χ3n) is 7.51. The fourth-order valence-electron chi connectivity index (χ4n) is 4.08. The number of nitrogens with one attached hydrogen (secondary N) is 1. The Labute approximate surface area is 254 Å². The highest BCUT2D eigenvalue weighted by Gasteiger charge is 2.39. The van der Waals surface area contributed by atoms with Gasteiger partial charge < -0.3 is 10.1 Å². The van der Waals surface area contributed by atoms with Crippen LogP contribution in [0.25, 0.3) is 0 Å². The molecule has 2 atom stereocenters.